The second-order valence-electron chi connectivity index (χ2n) is 6.95. The van der Waals surface area contributed by atoms with Crippen LogP contribution in [-0.4, -0.2) is 22.4 Å². The number of anilines is 1. The Bertz CT molecular complexity index is 980. The number of rotatable bonds is 1. The molecule has 0 saturated heterocycles. The molecule has 4 heteroatoms. The number of amides is 1. The van der Waals surface area contributed by atoms with Gasteiger partial charge in [0.15, 0.2) is 0 Å². The van der Waals surface area contributed by atoms with E-state index < -0.39 is 0 Å². The fourth-order valence-corrected chi connectivity index (χ4v) is 3.51. The lowest BCUT2D eigenvalue weighted by Gasteiger charge is -2.33. The molecule has 4 rings (SSSR count). The molecule has 0 fully saturated rings. The van der Waals surface area contributed by atoms with Gasteiger partial charge < -0.3 is 4.90 Å². The molecule has 126 valence electrons. The van der Waals surface area contributed by atoms with Gasteiger partial charge in [-0.1, -0.05) is 25.1 Å². The zero-order valence-corrected chi connectivity index (χ0v) is 14.8. The average Bonchev–Trinajstić information content (AvgIpc) is 2.61. The summed E-state index contributed by atoms with van der Waals surface area (Å²) < 4.78 is 0. The summed E-state index contributed by atoms with van der Waals surface area (Å²) in [4.78, 5) is 24.2. The molecule has 0 N–H and O–H groups in total. The minimum absolute atomic E-state index is 0.0286. The highest BCUT2D eigenvalue weighted by atomic mass is 16.2. The molecule has 2 aromatic carbocycles. The quantitative estimate of drug-likeness (QED) is 0.675. The van der Waals surface area contributed by atoms with Crippen molar-refractivity contribution in [2.24, 2.45) is 5.92 Å². The summed E-state index contributed by atoms with van der Waals surface area (Å²) in [5.41, 5.74) is 6.34. The van der Waals surface area contributed by atoms with Gasteiger partial charge >= 0.3 is 0 Å². The van der Waals surface area contributed by atoms with E-state index in [2.05, 4.69) is 23.0 Å². The van der Waals surface area contributed by atoms with Crippen molar-refractivity contribution in [1.29, 1.82) is 0 Å². The fourth-order valence-electron chi connectivity index (χ4n) is 3.51. The number of para-hydroxylation sites is 1. The summed E-state index contributed by atoms with van der Waals surface area (Å²) in [5, 5.41) is 0. The van der Waals surface area contributed by atoms with Crippen LogP contribution in [0, 0.1) is 19.8 Å². The molecule has 1 unspecified atom stereocenters. The van der Waals surface area contributed by atoms with Gasteiger partial charge in [0.1, 0.15) is 0 Å². The molecule has 1 aliphatic rings. The van der Waals surface area contributed by atoms with Crippen molar-refractivity contribution < 1.29 is 4.79 Å². The molecule has 0 spiro atoms. The fraction of sp³-hybridized carbons (Fsp3) is 0.286. The molecule has 2 heterocycles. The molecule has 3 aromatic rings. The van der Waals surface area contributed by atoms with Gasteiger partial charge in [-0.05, 0) is 56.0 Å². The predicted molar refractivity (Wildman–Crippen MR) is 100.0 cm³/mol. The van der Waals surface area contributed by atoms with E-state index in [4.69, 9.17) is 0 Å². The lowest BCUT2D eigenvalue weighted by Crippen LogP contribution is -2.39. The lowest BCUT2D eigenvalue weighted by molar-refractivity contribution is 0.0981. The van der Waals surface area contributed by atoms with Crippen LogP contribution in [-0.2, 0) is 6.42 Å². The number of carbonyl (C=O) groups excluding carboxylic acids is 1. The first-order valence-electron chi connectivity index (χ1n) is 8.67. The van der Waals surface area contributed by atoms with Crippen molar-refractivity contribution in [1.82, 2.24) is 9.97 Å². The summed E-state index contributed by atoms with van der Waals surface area (Å²) in [7, 11) is 0. The van der Waals surface area contributed by atoms with Gasteiger partial charge in [0.05, 0.1) is 22.4 Å². The van der Waals surface area contributed by atoms with Gasteiger partial charge in [0.2, 0.25) is 0 Å². The van der Waals surface area contributed by atoms with Gasteiger partial charge in [-0.25, -0.2) is 9.97 Å². The Labute approximate surface area is 147 Å². The lowest BCUT2D eigenvalue weighted by atomic mass is 9.93. The normalized spacial score (nSPS) is 16.8. The highest BCUT2D eigenvalue weighted by Crippen LogP contribution is 2.31. The van der Waals surface area contributed by atoms with E-state index in [1.165, 1.54) is 5.56 Å². The van der Waals surface area contributed by atoms with Crippen molar-refractivity contribution in [3.8, 4) is 0 Å². The van der Waals surface area contributed by atoms with Gasteiger partial charge in [-0.2, -0.15) is 0 Å². The van der Waals surface area contributed by atoms with Crippen LogP contribution >= 0.6 is 0 Å². The predicted octanol–water partition coefficient (Wildman–Crippen LogP) is 4.09. The Morgan fingerprint density at radius 1 is 1.04 bits per heavy atom. The van der Waals surface area contributed by atoms with Crippen molar-refractivity contribution >= 4 is 22.6 Å². The molecule has 0 bridgehead atoms. The maximum Gasteiger partial charge on any atom is 0.258 e. The molecule has 1 amide bonds. The number of benzene rings is 2. The topological polar surface area (TPSA) is 46.1 Å². The maximum absolute atomic E-state index is 13.2. The first-order chi connectivity index (χ1) is 12.0. The Morgan fingerprint density at radius 3 is 2.56 bits per heavy atom. The maximum atomic E-state index is 13.2. The molecule has 1 atom stereocenters. The van der Waals surface area contributed by atoms with E-state index >= 15 is 0 Å². The molecular formula is C21H21N3O. The zero-order chi connectivity index (χ0) is 17.6. The number of fused-ring (bicyclic) bond motifs is 2. The largest absolute Gasteiger partial charge is 0.308 e. The molecule has 4 nitrogen and oxygen atoms in total. The SMILES string of the molecule is Cc1nc2ccc(C(=O)N3CC(C)Cc4ccccc43)cc2nc1C. The van der Waals surface area contributed by atoms with E-state index in [0.29, 0.717) is 11.5 Å². The standard InChI is InChI=1S/C21H21N3O/c1-13-10-16-6-4-5-7-20(16)24(12-13)21(25)17-8-9-18-19(11-17)23-15(3)14(2)22-18/h4-9,11,13H,10,12H2,1-3H3. The van der Waals surface area contributed by atoms with Gasteiger partial charge in [0.25, 0.3) is 5.91 Å². The minimum atomic E-state index is 0.0286. The number of hydrogen-bond donors (Lipinski definition) is 0. The summed E-state index contributed by atoms with van der Waals surface area (Å²) in [6.07, 6.45) is 1.02. The van der Waals surface area contributed by atoms with E-state index in [1.54, 1.807) is 0 Å². The summed E-state index contributed by atoms with van der Waals surface area (Å²) in [6.45, 7) is 6.83. The highest BCUT2D eigenvalue weighted by Gasteiger charge is 2.27. The van der Waals surface area contributed by atoms with Gasteiger partial charge in [-0.15, -0.1) is 0 Å². The zero-order valence-electron chi connectivity index (χ0n) is 14.8. The number of aromatic nitrogens is 2. The van der Waals surface area contributed by atoms with E-state index in [9.17, 15) is 4.79 Å². The summed E-state index contributed by atoms with van der Waals surface area (Å²) in [6, 6.07) is 13.8. The Hall–Kier alpha value is -2.75. The van der Waals surface area contributed by atoms with Crippen molar-refractivity contribution in [3.05, 3.63) is 65.0 Å². The number of hydrogen-bond acceptors (Lipinski definition) is 3. The second-order valence-corrected chi connectivity index (χ2v) is 6.95. The van der Waals surface area contributed by atoms with Crippen LogP contribution in [0.25, 0.3) is 11.0 Å². The number of carbonyl (C=O) groups is 1. The van der Waals surface area contributed by atoms with Crippen LogP contribution in [0.15, 0.2) is 42.5 Å². The first kappa shape index (κ1) is 15.8. The van der Waals surface area contributed by atoms with Crippen molar-refractivity contribution in [2.45, 2.75) is 27.2 Å². The van der Waals surface area contributed by atoms with Crippen molar-refractivity contribution in [2.75, 3.05) is 11.4 Å². The third-order valence-corrected chi connectivity index (χ3v) is 4.91. The van der Waals surface area contributed by atoms with Gasteiger partial charge in [-0.3, -0.25) is 4.79 Å². The van der Waals surface area contributed by atoms with Crippen LogP contribution in [0.4, 0.5) is 5.69 Å². The molecule has 25 heavy (non-hydrogen) atoms. The Morgan fingerprint density at radius 2 is 1.76 bits per heavy atom. The second kappa shape index (κ2) is 5.96. The Balaban J connectivity index is 1.76. The summed E-state index contributed by atoms with van der Waals surface area (Å²) >= 11 is 0. The molecule has 0 saturated carbocycles. The van der Waals surface area contributed by atoms with Crippen LogP contribution in [0.5, 0.6) is 0 Å². The number of nitrogens with zero attached hydrogens (tertiary/aromatic N) is 3. The number of aryl methyl sites for hydroxylation is 2. The van der Waals surface area contributed by atoms with E-state index in [1.807, 2.05) is 55.1 Å². The van der Waals surface area contributed by atoms with Crippen LogP contribution in [0.1, 0.15) is 34.2 Å². The van der Waals surface area contributed by atoms with Crippen molar-refractivity contribution in [3.63, 3.8) is 0 Å². The molecular weight excluding hydrogens is 310 g/mol. The highest BCUT2D eigenvalue weighted by molar-refractivity contribution is 6.08. The first-order valence-corrected chi connectivity index (χ1v) is 8.67. The van der Waals surface area contributed by atoms with Gasteiger partial charge in [0, 0.05) is 17.8 Å². The smallest absolute Gasteiger partial charge is 0.258 e. The van der Waals surface area contributed by atoms with E-state index in [0.717, 1.165) is 41.1 Å². The molecule has 0 aliphatic carbocycles. The van der Waals surface area contributed by atoms with Crippen LogP contribution in [0.3, 0.4) is 0 Å². The van der Waals surface area contributed by atoms with Crippen LogP contribution < -0.4 is 4.90 Å². The van der Waals surface area contributed by atoms with Crippen LogP contribution in [0.2, 0.25) is 0 Å². The average molecular weight is 331 g/mol. The third kappa shape index (κ3) is 2.78. The molecule has 0 radical (unpaired) electrons. The Kier molecular flexibility index (Phi) is 3.75. The minimum Gasteiger partial charge on any atom is -0.308 e. The third-order valence-electron chi connectivity index (χ3n) is 4.91. The monoisotopic (exact) mass is 331 g/mol. The summed E-state index contributed by atoms with van der Waals surface area (Å²) in [5.74, 6) is 0.477. The molecule has 1 aromatic heterocycles. The van der Waals surface area contributed by atoms with E-state index in [-0.39, 0.29) is 5.91 Å². The molecule has 1 aliphatic heterocycles.